The highest BCUT2D eigenvalue weighted by Gasteiger charge is 2.17. The number of aliphatic imine (C=N–C) groups is 2. The van der Waals surface area contributed by atoms with Crippen LogP contribution in [-0.4, -0.2) is 49.3 Å². The SMILES string of the molecule is NC(N)=NCCC[C@@H](C=O)NC(=O)[C@@H](N)CCCN=C(N)N. The van der Waals surface area contributed by atoms with E-state index in [9.17, 15) is 9.59 Å². The number of carbonyl (C=O) groups is 2. The minimum absolute atomic E-state index is 0.000169. The van der Waals surface area contributed by atoms with Gasteiger partial charge in [0, 0.05) is 13.1 Å². The monoisotopic (exact) mass is 314 g/mol. The average molecular weight is 314 g/mol. The number of rotatable bonds is 11. The summed E-state index contributed by atoms with van der Waals surface area (Å²) < 4.78 is 0. The molecule has 0 unspecified atom stereocenters. The van der Waals surface area contributed by atoms with Crippen molar-refractivity contribution in [2.24, 2.45) is 38.7 Å². The summed E-state index contributed by atoms with van der Waals surface area (Å²) in [6, 6.07) is -1.32. The minimum Gasteiger partial charge on any atom is -0.370 e. The van der Waals surface area contributed by atoms with Gasteiger partial charge in [0.15, 0.2) is 11.9 Å². The standard InChI is InChI=1S/C12H26N8O2/c13-9(4-2-6-19-12(16)17)10(22)20-8(7-21)3-1-5-18-11(14)15/h7-9H,1-6,13H2,(H,20,22)(H4,14,15,18)(H4,16,17,19)/t8-,9-/m0/s1. The van der Waals surface area contributed by atoms with Gasteiger partial charge in [-0.05, 0) is 25.7 Å². The van der Waals surface area contributed by atoms with Crippen LogP contribution in [-0.2, 0) is 9.59 Å². The third kappa shape index (κ3) is 10.4. The first-order chi connectivity index (χ1) is 10.4. The Balaban J connectivity index is 4.05. The third-order valence-electron chi connectivity index (χ3n) is 2.76. The molecule has 0 heterocycles. The molecule has 0 bridgehead atoms. The summed E-state index contributed by atoms with van der Waals surface area (Å²) in [6.07, 6.45) is 2.67. The summed E-state index contributed by atoms with van der Waals surface area (Å²) in [7, 11) is 0. The number of amides is 1. The van der Waals surface area contributed by atoms with Gasteiger partial charge in [-0.25, -0.2) is 0 Å². The van der Waals surface area contributed by atoms with Crippen molar-refractivity contribution < 1.29 is 9.59 Å². The molecule has 0 fully saturated rings. The molecule has 0 saturated heterocycles. The molecule has 0 saturated carbocycles. The number of aldehydes is 1. The van der Waals surface area contributed by atoms with E-state index in [0.717, 1.165) is 0 Å². The summed E-state index contributed by atoms with van der Waals surface area (Å²) in [5.41, 5.74) is 26.5. The van der Waals surface area contributed by atoms with E-state index in [0.29, 0.717) is 45.1 Å². The van der Waals surface area contributed by atoms with Crippen molar-refractivity contribution >= 4 is 24.1 Å². The van der Waals surface area contributed by atoms with Crippen LogP contribution in [0.1, 0.15) is 25.7 Å². The van der Waals surface area contributed by atoms with Gasteiger partial charge in [0.05, 0.1) is 12.1 Å². The van der Waals surface area contributed by atoms with Gasteiger partial charge in [-0.1, -0.05) is 0 Å². The zero-order chi connectivity index (χ0) is 17.0. The number of carbonyl (C=O) groups excluding carboxylic acids is 2. The van der Waals surface area contributed by atoms with Crippen molar-refractivity contribution in [2.45, 2.75) is 37.8 Å². The molecule has 0 spiro atoms. The van der Waals surface area contributed by atoms with Crippen LogP contribution in [0.25, 0.3) is 0 Å². The van der Waals surface area contributed by atoms with Gasteiger partial charge in [0.1, 0.15) is 6.29 Å². The van der Waals surface area contributed by atoms with Crippen LogP contribution in [0, 0.1) is 0 Å². The van der Waals surface area contributed by atoms with Gasteiger partial charge >= 0.3 is 0 Å². The molecular weight excluding hydrogens is 288 g/mol. The summed E-state index contributed by atoms with van der Waals surface area (Å²) in [5.74, 6) is -0.391. The summed E-state index contributed by atoms with van der Waals surface area (Å²) in [4.78, 5) is 30.4. The highest BCUT2D eigenvalue weighted by atomic mass is 16.2. The maximum atomic E-state index is 11.8. The van der Waals surface area contributed by atoms with E-state index < -0.39 is 12.1 Å². The van der Waals surface area contributed by atoms with Crippen molar-refractivity contribution in [1.82, 2.24) is 5.32 Å². The van der Waals surface area contributed by atoms with Gasteiger partial charge in [-0.15, -0.1) is 0 Å². The normalized spacial score (nSPS) is 12.8. The quantitative estimate of drug-likeness (QED) is 0.101. The van der Waals surface area contributed by atoms with Crippen molar-refractivity contribution in [2.75, 3.05) is 13.1 Å². The zero-order valence-corrected chi connectivity index (χ0v) is 12.6. The summed E-state index contributed by atoms with van der Waals surface area (Å²) in [6.45, 7) is 0.798. The van der Waals surface area contributed by atoms with Crippen molar-refractivity contribution in [1.29, 1.82) is 0 Å². The predicted octanol–water partition coefficient (Wildman–Crippen LogP) is -2.90. The number of hydrogen-bond acceptors (Lipinski definition) is 5. The van der Waals surface area contributed by atoms with E-state index in [1.807, 2.05) is 0 Å². The number of nitrogens with zero attached hydrogens (tertiary/aromatic N) is 2. The molecule has 10 heteroatoms. The number of nitrogens with two attached hydrogens (primary N) is 5. The predicted molar refractivity (Wildman–Crippen MR) is 85.8 cm³/mol. The Morgan fingerprint density at radius 3 is 1.95 bits per heavy atom. The first kappa shape index (κ1) is 19.6. The maximum absolute atomic E-state index is 11.8. The Hall–Kier alpha value is -2.36. The lowest BCUT2D eigenvalue weighted by atomic mass is 10.1. The molecule has 2 atom stereocenters. The van der Waals surface area contributed by atoms with Crippen molar-refractivity contribution in [3.8, 4) is 0 Å². The Morgan fingerprint density at radius 1 is 1.00 bits per heavy atom. The average Bonchev–Trinajstić information content (AvgIpc) is 2.45. The van der Waals surface area contributed by atoms with Crippen LogP contribution in [0.15, 0.2) is 9.98 Å². The fourth-order valence-electron chi connectivity index (χ4n) is 1.63. The fourth-order valence-corrected chi connectivity index (χ4v) is 1.63. The Bertz CT molecular complexity index is 402. The highest BCUT2D eigenvalue weighted by Crippen LogP contribution is 1.99. The number of hydrogen-bond donors (Lipinski definition) is 6. The molecule has 0 aromatic rings. The van der Waals surface area contributed by atoms with Gasteiger partial charge in [0.25, 0.3) is 0 Å². The van der Waals surface area contributed by atoms with Crippen LogP contribution < -0.4 is 34.0 Å². The second-order valence-electron chi connectivity index (χ2n) is 4.76. The molecule has 0 rings (SSSR count). The second kappa shape index (κ2) is 11.3. The topological polar surface area (TPSA) is 201 Å². The van der Waals surface area contributed by atoms with Gasteiger partial charge in [-0.3, -0.25) is 14.8 Å². The van der Waals surface area contributed by atoms with Crippen LogP contribution in [0.2, 0.25) is 0 Å². The van der Waals surface area contributed by atoms with Crippen LogP contribution in [0.5, 0.6) is 0 Å². The number of guanidine groups is 2. The van der Waals surface area contributed by atoms with E-state index in [2.05, 4.69) is 15.3 Å². The Labute approximate surface area is 129 Å². The molecule has 0 aliphatic carbocycles. The lowest BCUT2D eigenvalue weighted by Crippen LogP contribution is -2.46. The summed E-state index contributed by atoms with van der Waals surface area (Å²) >= 11 is 0. The van der Waals surface area contributed by atoms with Gasteiger partial charge in [0.2, 0.25) is 5.91 Å². The molecule has 22 heavy (non-hydrogen) atoms. The first-order valence-corrected chi connectivity index (χ1v) is 6.98. The fraction of sp³-hybridized carbons (Fsp3) is 0.667. The highest BCUT2D eigenvalue weighted by molar-refractivity contribution is 5.84. The molecule has 11 N–H and O–H groups in total. The smallest absolute Gasteiger partial charge is 0.237 e. The minimum atomic E-state index is -0.714. The molecule has 0 aromatic carbocycles. The maximum Gasteiger partial charge on any atom is 0.237 e. The lowest BCUT2D eigenvalue weighted by Gasteiger charge is -2.16. The zero-order valence-electron chi connectivity index (χ0n) is 12.6. The van der Waals surface area contributed by atoms with Crippen molar-refractivity contribution in [3.63, 3.8) is 0 Å². The number of nitrogens with one attached hydrogen (secondary N) is 1. The van der Waals surface area contributed by atoms with Gasteiger partial charge < -0.3 is 38.8 Å². The molecule has 0 aliphatic rings. The van der Waals surface area contributed by atoms with E-state index in [4.69, 9.17) is 28.7 Å². The largest absolute Gasteiger partial charge is 0.370 e. The van der Waals surface area contributed by atoms with Crippen LogP contribution in [0.4, 0.5) is 0 Å². The van der Waals surface area contributed by atoms with Crippen LogP contribution in [0.3, 0.4) is 0 Å². The van der Waals surface area contributed by atoms with Crippen molar-refractivity contribution in [3.05, 3.63) is 0 Å². The Kier molecular flexibility index (Phi) is 10.1. The molecule has 0 aromatic heterocycles. The third-order valence-corrected chi connectivity index (χ3v) is 2.76. The first-order valence-electron chi connectivity index (χ1n) is 6.98. The van der Waals surface area contributed by atoms with E-state index >= 15 is 0 Å². The molecule has 0 aliphatic heterocycles. The molecular formula is C12H26N8O2. The second-order valence-corrected chi connectivity index (χ2v) is 4.76. The molecule has 0 radical (unpaired) electrons. The van der Waals surface area contributed by atoms with E-state index in [-0.39, 0.29) is 17.8 Å². The van der Waals surface area contributed by atoms with Gasteiger partial charge in [-0.2, -0.15) is 0 Å². The molecule has 126 valence electrons. The molecule has 1 amide bonds. The lowest BCUT2D eigenvalue weighted by molar-refractivity contribution is -0.125. The van der Waals surface area contributed by atoms with Crippen LogP contribution >= 0.6 is 0 Å². The summed E-state index contributed by atoms with van der Waals surface area (Å²) in [5, 5.41) is 2.58. The molecule has 10 nitrogen and oxygen atoms in total. The Morgan fingerprint density at radius 2 is 1.50 bits per heavy atom. The van der Waals surface area contributed by atoms with E-state index in [1.165, 1.54) is 0 Å². The van der Waals surface area contributed by atoms with E-state index in [1.54, 1.807) is 0 Å².